The second-order valence-electron chi connectivity index (χ2n) is 7.16. The Morgan fingerprint density at radius 3 is 2.52 bits per heavy atom. The van der Waals surface area contributed by atoms with Crippen LogP contribution in [0.3, 0.4) is 0 Å². The number of carbonyl (C=O) groups excluding carboxylic acids is 1. The van der Waals surface area contributed by atoms with Crippen molar-refractivity contribution in [1.29, 1.82) is 0 Å². The second kappa shape index (κ2) is 6.84. The molecule has 0 aliphatic rings. The van der Waals surface area contributed by atoms with Crippen LogP contribution in [0.25, 0.3) is 11.0 Å². The van der Waals surface area contributed by atoms with Crippen LogP contribution in [0.15, 0.2) is 48.5 Å². The molecule has 1 heterocycles. The van der Waals surface area contributed by atoms with Gasteiger partial charge in [0.15, 0.2) is 0 Å². The zero-order valence-corrected chi connectivity index (χ0v) is 15.3. The first-order chi connectivity index (χ1) is 11.8. The van der Waals surface area contributed by atoms with E-state index in [0.717, 1.165) is 16.6 Å². The van der Waals surface area contributed by atoms with Crippen molar-refractivity contribution in [2.75, 3.05) is 0 Å². The van der Waals surface area contributed by atoms with Crippen LogP contribution in [0.1, 0.15) is 32.5 Å². The molecule has 130 valence electrons. The van der Waals surface area contributed by atoms with E-state index in [-0.39, 0.29) is 23.9 Å². The van der Waals surface area contributed by atoms with Crippen LogP contribution in [0, 0.1) is 5.41 Å². The zero-order valence-electron chi connectivity index (χ0n) is 14.5. The molecule has 1 aromatic heterocycles. The van der Waals surface area contributed by atoms with E-state index in [1.54, 1.807) is 16.8 Å². The number of halogens is 1. The average Bonchev–Trinajstić information content (AvgIpc) is 2.97. The van der Waals surface area contributed by atoms with Gasteiger partial charge >= 0.3 is 0 Å². The third-order valence-electron chi connectivity index (χ3n) is 4.02. The van der Waals surface area contributed by atoms with Crippen LogP contribution < -0.4 is 5.32 Å². The molecule has 25 heavy (non-hydrogen) atoms. The highest BCUT2D eigenvalue weighted by molar-refractivity contribution is 6.30. The number of carbonyl (C=O) groups is 1. The number of aromatic nitrogens is 3. The Morgan fingerprint density at radius 2 is 1.84 bits per heavy atom. The highest BCUT2D eigenvalue weighted by Crippen LogP contribution is 2.30. The molecule has 0 bridgehead atoms. The van der Waals surface area contributed by atoms with Crippen LogP contribution in [0.4, 0.5) is 0 Å². The van der Waals surface area contributed by atoms with Crippen molar-refractivity contribution in [2.24, 2.45) is 5.41 Å². The van der Waals surface area contributed by atoms with E-state index in [9.17, 15) is 4.79 Å². The molecule has 2 aromatic carbocycles. The maximum Gasteiger partial charge on any atom is 0.226 e. The van der Waals surface area contributed by atoms with Crippen molar-refractivity contribution in [3.63, 3.8) is 0 Å². The van der Waals surface area contributed by atoms with Gasteiger partial charge in [-0.05, 0) is 29.8 Å². The van der Waals surface area contributed by atoms with Crippen molar-refractivity contribution in [1.82, 2.24) is 20.3 Å². The van der Waals surface area contributed by atoms with Gasteiger partial charge in [0.2, 0.25) is 5.91 Å². The van der Waals surface area contributed by atoms with Gasteiger partial charge in [-0.3, -0.25) is 4.79 Å². The summed E-state index contributed by atoms with van der Waals surface area (Å²) < 4.78 is 1.79. The summed E-state index contributed by atoms with van der Waals surface area (Å²) >= 11 is 5.90. The smallest absolute Gasteiger partial charge is 0.226 e. The van der Waals surface area contributed by atoms with Crippen LogP contribution in [-0.2, 0) is 11.2 Å². The van der Waals surface area contributed by atoms with Gasteiger partial charge in [-0.1, -0.05) is 61.9 Å². The Kier molecular flexibility index (Phi) is 4.77. The lowest BCUT2D eigenvalue weighted by Crippen LogP contribution is -2.41. The molecule has 0 spiro atoms. The van der Waals surface area contributed by atoms with Crippen LogP contribution in [0.5, 0.6) is 0 Å². The van der Waals surface area contributed by atoms with Crippen molar-refractivity contribution < 1.29 is 4.79 Å². The number of benzene rings is 2. The topological polar surface area (TPSA) is 59.8 Å². The van der Waals surface area contributed by atoms with Gasteiger partial charge in [-0.2, -0.15) is 0 Å². The van der Waals surface area contributed by atoms with E-state index in [1.165, 1.54) is 0 Å². The van der Waals surface area contributed by atoms with Gasteiger partial charge in [0, 0.05) is 10.4 Å². The molecule has 0 unspecified atom stereocenters. The molecule has 6 heteroatoms. The molecule has 0 saturated carbocycles. The molecule has 0 radical (unpaired) electrons. The van der Waals surface area contributed by atoms with E-state index in [2.05, 4.69) is 36.4 Å². The predicted octanol–water partition coefficient (Wildman–Crippen LogP) is 3.99. The first-order valence-electron chi connectivity index (χ1n) is 8.18. The normalized spacial score (nSPS) is 13.0. The van der Waals surface area contributed by atoms with Gasteiger partial charge in [0.25, 0.3) is 0 Å². The van der Waals surface area contributed by atoms with Crippen LogP contribution >= 0.6 is 11.6 Å². The molecule has 1 N–H and O–H groups in total. The minimum atomic E-state index is -0.306. The molecule has 0 aliphatic carbocycles. The highest BCUT2D eigenvalue weighted by Gasteiger charge is 2.30. The molecular weight excluding hydrogens is 336 g/mol. The van der Waals surface area contributed by atoms with Gasteiger partial charge in [-0.25, -0.2) is 4.68 Å². The van der Waals surface area contributed by atoms with E-state index >= 15 is 0 Å². The fourth-order valence-corrected chi connectivity index (χ4v) is 2.84. The molecule has 1 amide bonds. The molecule has 1 atom stereocenters. The van der Waals surface area contributed by atoms with E-state index < -0.39 is 0 Å². The lowest BCUT2D eigenvalue weighted by molar-refractivity contribution is -0.123. The number of para-hydroxylation sites is 1. The van der Waals surface area contributed by atoms with Crippen LogP contribution in [-0.4, -0.2) is 20.9 Å². The molecule has 3 rings (SSSR count). The summed E-state index contributed by atoms with van der Waals surface area (Å²) in [5.74, 6) is -0.0678. The summed E-state index contributed by atoms with van der Waals surface area (Å²) in [7, 11) is 0. The largest absolute Gasteiger partial charge is 0.333 e. The van der Waals surface area contributed by atoms with E-state index in [4.69, 9.17) is 11.6 Å². The maximum absolute atomic E-state index is 12.6. The fraction of sp³-hybridized carbons (Fsp3) is 0.316. The molecular formula is C19H21ClN4O. The monoisotopic (exact) mass is 356 g/mol. The maximum atomic E-state index is 12.6. The lowest BCUT2D eigenvalue weighted by atomic mass is 9.92. The summed E-state index contributed by atoms with van der Waals surface area (Å²) in [4.78, 5) is 12.6. The first-order valence-corrected chi connectivity index (χ1v) is 8.56. The van der Waals surface area contributed by atoms with Crippen molar-refractivity contribution >= 4 is 28.5 Å². The average molecular weight is 357 g/mol. The first kappa shape index (κ1) is 17.4. The summed E-state index contributed by atoms with van der Waals surface area (Å²) in [6.45, 7) is 6.20. The van der Waals surface area contributed by atoms with Crippen LogP contribution in [0.2, 0.25) is 5.02 Å². The number of hydrogen-bond acceptors (Lipinski definition) is 3. The number of nitrogens with zero attached hydrogens (tertiary/aromatic N) is 3. The lowest BCUT2D eigenvalue weighted by Gasteiger charge is -2.31. The van der Waals surface area contributed by atoms with E-state index in [0.29, 0.717) is 5.02 Å². The Bertz CT molecular complexity index is 880. The summed E-state index contributed by atoms with van der Waals surface area (Å²) in [5, 5.41) is 12.2. The minimum absolute atomic E-state index is 0.0678. The van der Waals surface area contributed by atoms with Gasteiger partial charge < -0.3 is 5.32 Å². The Balaban J connectivity index is 1.84. The molecule has 5 nitrogen and oxygen atoms in total. The number of rotatable bonds is 4. The summed E-state index contributed by atoms with van der Waals surface area (Å²) in [6, 6.07) is 15.0. The fourth-order valence-electron chi connectivity index (χ4n) is 2.71. The molecule has 3 aromatic rings. The summed E-state index contributed by atoms with van der Waals surface area (Å²) in [6.07, 6.45) is -0.0178. The Morgan fingerprint density at radius 1 is 1.16 bits per heavy atom. The predicted molar refractivity (Wildman–Crippen MR) is 99.3 cm³/mol. The SMILES string of the molecule is CC(C)(C)[C@H](NC(=O)Cc1ccc(Cl)cc1)n1nnc2ccccc21. The third kappa shape index (κ3) is 3.99. The summed E-state index contributed by atoms with van der Waals surface area (Å²) in [5.41, 5.74) is 2.39. The minimum Gasteiger partial charge on any atom is -0.333 e. The molecule has 0 aliphatic heterocycles. The van der Waals surface area contributed by atoms with Crippen molar-refractivity contribution in [3.05, 3.63) is 59.1 Å². The second-order valence-corrected chi connectivity index (χ2v) is 7.60. The number of amides is 1. The quantitative estimate of drug-likeness (QED) is 0.769. The zero-order chi connectivity index (χ0) is 18.0. The Labute approximate surface area is 152 Å². The number of nitrogens with one attached hydrogen (secondary N) is 1. The molecule has 0 saturated heterocycles. The molecule has 0 fully saturated rings. The van der Waals surface area contributed by atoms with Gasteiger partial charge in [0.05, 0.1) is 11.9 Å². The van der Waals surface area contributed by atoms with Crippen molar-refractivity contribution in [3.8, 4) is 0 Å². The van der Waals surface area contributed by atoms with Gasteiger partial charge in [0.1, 0.15) is 11.7 Å². The standard InChI is InChI=1S/C19H21ClN4O/c1-19(2,3)18(24-16-7-5-4-6-15(16)22-23-24)21-17(25)12-13-8-10-14(20)11-9-13/h4-11,18H,12H2,1-3H3,(H,21,25)/t18-/m1/s1. The van der Waals surface area contributed by atoms with Crippen molar-refractivity contribution in [2.45, 2.75) is 33.4 Å². The highest BCUT2D eigenvalue weighted by atomic mass is 35.5. The van der Waals surface area contributed by atoms with Gasteiger partial charge in [-0.15, -0.1) is 5.10 Å². The number of fused-ring (bicyclic) bond motifs is 1. The third-order valence-corrected chi connectivity index (χ3v) is 4.27. The van der Waals surface area contributed by atoms with E-state index in [1.807, 2.05) is 36.4 Å². The Hall–Kier alpha value is -2.40. The number of hydrogen-bond donors (Lipinski definition) is 1.